The smallest absolute Gasteiger partial charge is 0.221 e. The first-order chi connectivity index (χ1) is 11.0. The Hall–Kier alpha value is -1.51. The molecule has 1 aromatic rings. The Morgan fingerprint density at radius 1 is 1.29 bits per heavy atom. The van der Waals surface area contributed by atoms with Crippen molar-refractivity contribution in [3.8, 4) is 5.75 Å². The molecule has 0 saturated carbocycles. The minimum Gasteiger partial charge on any atom is -0.497 e. The van der Waals surface area contributed by atoms with Crippen molar-refractivity contribution in [1.82, 2.24) is 15.5 Å². The van der Waals surface area contributed by atoms with Crippen molar-refractivity contribution in [1.29, 1.82) is 0 Å². The number of carbonyl (C=O) groups excluding carboxylic acids is 1. The Morgan fingerprint density at radius 3 is 2.42 bits per heavy atom. The highest BCUT2D eigenvalue weighted by atomic mass is 127. The van der Waals surface area contributed by atoms with Gasteiger partial charge >= 0.3 is 0 Å². The van der Waals surface area contributed by atoms with Crippen LogP contribution in [0.15, 0.2) is 29.3 Å². The Labute approximate surface area is 162 Å². The summed E-state index contributed by atoms with van der Waals surface area (Å²) in [5.41, 5.74) is 1.16. The number of rotatable bonds is 7. The molecule has 0 aliphatic rings. The van der Waals surface area contributed by atoms with Crippen LogP contribution in [0.5, 0.6) is 5.75 Å². The summed E-state index contributed by atoms with van der Waals surface area (Å²) in [6, 6.07) is 8.10. The van der Waals surface area contributed by atoms with Crippen LogP contribution in [0, 0.1) is 0 Å². The number of nitrogens with zero attached hydrogens (tertiary/aromatic N) is 2. The second kappa shape index (κ2) is 11.9. The van der Waals surface area contributed by atoms with Gasteiger partial charge in [-0.15, -0.1) is 24.0 Å². The number of guanidine groups is 1. The van der Waals surface area contributed by atoms with Crippen molar-refractivity contribution in [3.05, 3.63) is 29.8 Å². The van der Waals surface area contributed by atoms with Gasteiger partial charge in [-0.05, 0) is 31.5 Å². The Bertz CT molecular complexity index is 518. The van der Waals surface area contributed by atoms with Gasteiger partial charge in [-0.2, -0.15) is 0 Å². The highest BCUT2D eigenvalue weighted by Gasteiger charge is 2.08. The number of nitrogens with one attached hydrogen (secondary N) is 2. The highest BCUT2D eigenvalue weighted by Crippen LogP contribution is 2.12. The molecule has 0 aromatic heterocycles. The molecule has 6 nitrogen and oxygen atoms in total. The Kier molecular flexibility index (Phi) is 11.2. The summed E-state index contributed by atoms with van der Waals surface area (Å²) in [7, 11) is 5.36. The van der Waals surface area contributed by atoms with Crippen LogP contribution in [0.2, 0.25) is 0 Å². The van der Waals surface area contributed by atoms with E-state index in [4.69, 9.17) is 4.74 Å². The zero-order valence-corrected chi connectivity index (χ0v) is 17.5. The Morgan fingerprint density at radius 2 is 1.92 bits per heavy atom. The summed E-state index contributed by atoms with van der Waals surface area (Å²) in [5, 5.41) is 6.08. The van der Waals surface area contributed by atoms with Crippen LogP contribution >= 0.6 is 24.0 Å². The first-order valence-electron chi connectivity index (χ1n) is 7.80. The van der Waals surface area contributed by atoms with Gasteiger partial charge in [0.05, 0.1) is 7.11 Å². The number of ether oxygens (including phenoxy) is 1. The molecule has 24 heavy (non-hydrogen) atoms. The molecule has 0 heterocycles. The first-order valence-corrected chi connectivity index (χ1v) is 7.80. The summed E-state index contributed by atoms with van der Waals surface area (Å²) < 4.78 is 5.16. The van der Waals surface area contributed by atoms with Crippen LogP contribution in [0.1, 0.15) is 25.8 Å². The standard InChI is InChI=1S/C17H28N4O2.HI/c1-13(2)20-16(22)10-11-19-17(18-3)21(4)12-14-6-8-15(23-5)9-7-14;/h6-9,13H,10-12H2,1-5H3,(H,18,19)(H,20,22);1H. The molecule has 0 bridgehead atoms. The van der Waals surface area contributed by atoms with Gasteiger partial charge in [-0.1, -0.05) is 12.1 Å². The zero-order valence-electron chi connectivity index (χ0n) is 15.1. The summed E-state index contributed by atoms with van der Waals surface area (Å²) >= 11 is 0. The minimum atomic E-state index is 0. The number of carbonyl (C=O) groups is 1. The van der Waals surface area contributed by atoms with Gasteiger partial charge in [0.25, 0.3) is 0 Å². The van der Waals surface area contributed by atoms with Crippen LogP contribution in [0.25, 0.3) is 0 Å². The van der Waals surface area contributed by atoms with Crippen molar-refractivity contribution in [3.63, 3.8) is 0 Å². The van der Waals surface area contributed by atoms with E-state index in [2.05, 4.69) is 15.6 Å². The van der Waals surface area contributed by atoms with Crippen molar-refractivity contribution >= 4 is 35.8 Å². The van der Waals surface area contributed by atoms with Crippen molar-refractivity contribution in [2.45, 2.75) is 32.9 Å². The van der Waals surface area contributed by atoms with E-state index >= 15 is 0 Å². The molecule has 0 aliphatic carbocycles. The third kappa shape index (κ3) is 8.37. The minimum absolute atomic E-state index is 0. The normalized spacial score (nSPS) is 10.8. The van der Waals surface area contributed by atoms with E-state index in [9.17, 15) is 4.79 Å². The number of aliphatic imine (C=N–C) groups is 1. The molecule has 2 N–H and O–H groups in total. The molecule has 1 amide bonds. The predicted molar refractivity (Wildman–Crippen MR) is 109 cm³/mol. The summed E-state index contributed by atoms with van der Waals surface area (Å²) in [5.74, 6) is 1.65. The van der Waals surface area contributed by atoms with E-state index < -0.39 is 0 Å². The summed E-state index contributed by atoms with van der Waals surface area (Å²) in [6.45, 7) is 5.18. The third-order valence-electron chi connectivity index (χ3n) is 3.24. The van der Waals surface area contributed by atoms with Crippen molar-refractivity contribution < 1.29 is 9.53 Å². The highest BCUT2D eigenvalue weighted by molar-refractivity contribution is 14.0. The van der Waals surface area contributed by atoms with Gasteiger partial charge < -0.3 is 20.3 Å². The SMILES string of the molecule is CN=C(NCCC(=O)NC(C)C)N(C)Cc1ccc(OC)cc1.I. The lowest BCUT2D eigenvalue weighted by Gasteiger charge is -2.22. The lowest BCUT2D eigenvalue weighted by Crippen LogP contribution is -2.40. The second-order valence-corrected chi connectivity index (χ2v) is 5.65. The average molecular weight is 448 g/mol. The molecule has 0 saturated heterocycles. The maximum atomic E-state index is 11.6. The summed E-state index contributed by atoms with van der Waals surface area (Å²) in [6.07, 6.45) is 0.424. The van der Waals surface area contributed by atoms with Crippen molar-refractivity contribution in [2.75, 3.05) is 27.7 Å². The molecule has 0 radical (unpaired) electrons. The van der Waals surface area contributed by atoms with Gasteiger partial charge in [-0.3, -0.25) is 9.79 Å². The van der Waals surface area contributed by atoms with Gasteiger partial charge in [0, 0.05) is 39.6 Å². The number of hydrogen-bond donors (Lipinski definition) is 2. The lowest BCUT2D eigenvalue weighted by molar-refractivity contribution is -0.121. The van der Waals surface area contributed by atoms with E-state index in [-0.39, 0.29) is 35.9 Å². The monoisotopic (exact) mass is 448 g/mol. The van der Waals surface area contributed by atoms with E-state index in [0.717, 1.165) is 23.8 Å². The second-order valence-electron chi connectivity index (χ2n) is 5.65. The van der Waals surface area contributed by atoms with Crippen LogP contribution in [0.4, 0.5) is 0 Å². The van der Waals surface area contributed by atoms with Crippen LogP contribution in [0.3, 0.4) is 0 Å². The number of benzene rings is 1. The lowest BCUT2D eigenvalue weighted by atomic mass is 10.2. The van der Waals surface area contributed by atoms with Crippen molar-refractivity contribution in [2.24, 2.45) is 4.99 Å². The zero-order chi connectivity index (χ0) is 17.2. The number of hydrogen-bond acceptors (Lipinski definition) is 3. The fourth-order valence-corrected chi connectivity index (χ4v) is 2.15. The molecule has 1 aromatic carbocycles. The fourth-order valence-electron chi connectivity index (χ4n) is 2.15. The molecule has 0 atom stereocenters. The molecular formula is C17H29IN4O2. The quantitative estimate of drug-likeness (QED) is 0.382. The van der Waals surface area contributed by atoms with Gasteiger partial charge in [0.15, 0.2) is 5.96 Å². The maximum absolute atomic E-state index is 11.6. The molecule has 0 unspecified atom stereocenters. The van der Waals surface area contributed by atoms with E-state index in [1.165, 1.54) is 0 Å². The first kappa shape index (κ1) is 22.5. The molecule has 0 spiro atoms. The molecule has 0 aliphatic heterocycles. The Balaban J connectivity index is 0.00000529. The van der Waals surface area contributed by atoms with Crippen LogP contribution in [-0.2, 0) is 11.3 Å². The van der Waals surface area contributed by atoms with E-state index in [1.807, 2.05) is 50.1 Å². The maximum Gasteiger partial charge on any atom is 0.221 e. The largest absolute Gasteiger partial charge is 0.497 e. The van der Waals surface area contributed by atoms with Gasteiger partial charge in [-0.25, -0.2) is 0 Å². The molecule has 136 valence electrons. The van der Waals surface area contributed by atoms with Crippen LogP contribution in [-0.4, -0.2) is 50.6 Å². The van der Waals surface area contributed by atoms with Gasteiger partial charge in [0.1, 0.15) is 5.75 Å². The number of halogens is 1. The van der Waals surface area contributed by atoms with Crippen LogP contribution < -0.4 is 15.4 Å². The molecule has 1 rings (SSSR count). The number of amides is 1. The average Bonchev–Trinajstić information content (AvgIpc) is 2.51. The van der Waals surface area contributed by atoms with E-state index in [0.29, 0.717) is 13.0 Å². The summed E-state index contributed by atoms with van der Waals surface area (Å²) in [4.78, 5) is 17.9. The molecule has 7 heteroatoms. The third-order valence-corrected chi connectivity index (χ3v) is 3.24. The van der Waals surface area contributed by atoms with E-state index in [1.54, 1.807) is 14.2 Å². The molecular weight excluding hydrogens is 419 g/mol. The fraction of sp³-hybridized carbons (Fsp3) is 0.529. The van der Waals surface area contributed by atoms with Gasteiger partial charge in [0.2, 0.25) is 5.91 Å². The predicted octanol–water partition coefficient (Wildman–Crippen LogP) is 2.24. The topological polar surface area (TPSA) is 66.0 Å². The molecule has 0 fully saturated rings. The number of methoxy groups -OCH3 is 1.